The summed E-state index contributed by atoms with van der Waals surface area (Å²) in [5.74, 6) is 0.502. The van der Waals surface area contributed by atoms with Crippen LogP contribution in [-0.2, 0) is 0 Å². The molecule has 5 heteroatoms. The molecule has 1 atom stereocenters. The molecule has 1 aromatic carbocycles. The molecular weight excluding hydrogens is 390 g/mol. The lowest BCUT2D eigenvalue weighted by Gasteiger charge is -2.36. The van der Waals surface area contributed by atoms with Crippen LogP contribution in [0.1, 0.15) is 31.9 Å². The summed E-state index contributed by atoms with van der Waals surface area (Å²) in [7, 11) is 0. The Morgan fingerprint density at radius 2 is 1.95 bits per heavy atom. The Bertz CT molecular complexity index is 422. The van der Waals surface area contributed by atoms with Crippen LogP contribution >= 0.6 is 35.0 Å². The van der Waals surface area contributed by atoms with Gasteiger partial charge in [0.2, 0.25) is 0 Å². The number of halogens is 3. The number of hydrogen-bond acceptors (Lipinski definition) is 2. The smallest absolute Gasteiger partial charge is 0.128 e. The summed E-state index contributed by atoms with van der Waals surface area (Å²) in [6.07, 6.45) is 1.01. The highest BCUT2D eigenvalue weighted by atomic mass is 127. The van der Waals surface area contributed by atoms with Crippen LogP contribution in [0, 0.1) is 15.3 Å². The van der Waals surface area contributed by atoms with E-state index in [-0.39, 0.29) is 24.3 Å². The topological polar surface area (TPSA) is 15.3 Å². The van der Waals surface area contributed by atoms with Gasteiger partial charge in [-0.3, -0.25) is 4.90 Å². The number of nitrogens with zero attached hydrogens (tertiary/aromatic N) is 1. The predicted octanol–water partition coefficient (Wildman–Crippen LogP) is 3.84. The van der Waals surface area contributed by atoms with Crippen molar-refractivity contribution in [3.8, 4) is 0 Å². The Hall–Kier alpha value is 0.0900. The number of rotatable bonds is 4. The predicted molar refractivity (Wildman–Crippen MR) is 93.0 cm³/mol. The molecule has 1 N–H and O–H groups in total. The molecule has 0 unspecified atom stereocenters. The zero-order valence-electron chi connectivity index (χ0n) is 12.0. The van der Waals surface area contributed by atoms with Crippen LogP contribution in [0.2, 0.25) is 0 Å². The highest BCUT2D eigenvalue weighted by molar-refractivity contribution is 14.1. The maximum Gasteiger partial charge on any atom is 0.128 e. The zero-order chi connectivity index (χ0) is 13.8. The maximum absolute atomic E-state index is 14.2. The molecule has 0 radical (unpaired) electrons. The second-order valence-electron chi connectivity index (χ2n) is 5.60. The van der Waals surface area contributed by atoms with Gasteiger partial charge in [0.1, 0.15) is 5.82 Å². The molecule has 1 saturated heterocycles. The quantitative estimate of drug-likeness (QED) is 0.756. The van der Waals surface area contributed by atoms with E-state index in [9.17, 15) is 4.39 Å². The van der Waals surface area contributed by atoms with Crippen LogP contribution in [0.5, 0.6) is 0 Å². The molecule has 20 heavy (non-hydrogen) atoms. The minimum Gasteiger partial charge on any atom is -0.314 e. The summed E-state index contributed by atoms with van der Waals surface area (Å²) in [6.45, 7) is 8.42. The van der Waals surface area contributed by atoms with Crippen molar-refractivity contribution in [2.45, 2.75) is 26.3 Å². The van der Waals surface area contributed by atoms with Gasteiger partial charge in [-0.05, 0) is 53.1 Å². The third-order valence-corrected chi connectivity index (χ3v) is 4.28. The standard InChI is InChI=1S/C15H22FIN2.ClH/c1-11(2)9-15(19-7-5-18-6-8-19)13-10-12(17)3-4-14(13)16;/h3-4,10-11,15,18H,5-9H2,1-2H3;1H/t15-;/m1./s1. The first kappa shape index (κ1) is 18.1. The first-order chi connectivity index (χ1) is 9.08. The fraction of sp³-hybridized carbons (Fsp3) is 0.600. The average Bonchev–Trinajstić information content (AvgIpc) is 2.40. The molecule has 1 fully saturated rings. The Morgan fingerprint density at radius 1 is 1.30 bits per heavy atom. The molecule has 2 nitrogen and oxygen atoms in total. The minimum absolute atomic E-state index is 0. The zero-order valence-corrected chi connectivity index (χ0v) is 15.0. The van der Waals surface area contributed by atoms with E-state index >= 15 is 0 Å². The third-order valence-electron chi connectivity index (χ3n) is 3.60. The molecule has 1 aliphatic rings. The van der Waals surface area contributed by atoms with E-state index in [2.05, 4.69) is 46.7 Å². The monoisotopic (exact) mass is 412 g/mol. The molecule has 2 rings (SSSR count). The van der Waals surface area contributed by atoms with Crippen molar-refractivity contribution in [3.63, 3.8) is 0 Å². The molecule has 1 aromatic rings. The average molecular weight is 413 g/mol. The Labute approximate surface area is 141 Å². The Balaban J connectivity index is 0.00000200. The molecule has 1 aliphatic heterocycles. The first-order valence-corrected chi connectivity index (χ1v) is 8.05. The largest absolute Gasteiger partial charge is 0.314 e. The van der Waals surface area contributed by atoms with Crippen molar-refractivity contribution in [2.75, 3.05) is 26.2 Å². The fourth-order valence-corrected chi connectivity index (χ4v) is 3.20. The summed E-state index contributed by atoms with van der Waals surface area (Å²) in [4.78, 5) is 2.42. The number of nitrogens with one attached hydrogen (secondary N) is 1. The number of hydrogen-bond donors (Lipinski definition) is 1. The van der Waals surface area contributed by atoms with Gasteiger partial charge >= 0.3 is 0 Å². The van der Waals surface area contributed by atoms with Crippen molar-refractivity contribution in [1.82, 2.24) is 10.2 Å². The SMILES string of the molecule is CC(C)C[C@H](c1cc(I)ccc1F)N1CCNCC1.Cl. The molecule has 114 valence electrons. The molecule has 0 bridgehead atoms. The van der Waals surface area contributed by atoms with Crippen LogP contribution in [0.25, 0.3) is 0 Å². The van der Waals surface area contributed by atoms with Crippen molar-refractivity contribution in [2.24, 2.45) is 5.92 Å². The van der Waals surface area contributed by atoms with Crippen LogP contribution in [-0.4, -0.2) is 31.1 Å². The van der Waals surface area contributed by atoms with Crippen LogP contribution in [0.3, 0.4) is 0 Å². The summed E-state index contributed by atoms with van der Waals surface area (Å²) < 4.78 is 15.3. The maximum atomic E-state index is 14.2. The van der Waals surface area contributed by atoms with Crippen molar-refractivity contribution >= 4 is 35.0 Å². The summed E-state index contributed by atoms with van der Waals surface area (Å²) in [5, 5.41) is 3.36. The van der Waals surface area contributed by atoms with E-state index in [1.807, 2.05) is 12.1 Å². The molecule has 0 aromatic heterocycles. The Morgan fingerprint density at radius 3 is 2.55 bits per heavy atom. The van der Waals surface area contributed by atoms with Gasteiger partial charge in [-0.25, -0.2) is 4.39 Å². The van der Waals surface area contributed by atoms with E-state index < -0.39 is 0 Å². The second-order valence-corrected chi connectivity index (χ2v) is 6.84. The molecule has 0 spiro atoms. The van der Waals surface area contributed by atoms with E-state index in [0.717, 1.165) is 41.7 Å². The third kappa shape index (κ3) is 4.83. The van der Waals surface area contributed by atoms with E-state index in [0.29, 0.717) is 5.92 Å². The summed E-state index contributed by atoms with van der Waals surface area (Å²) >= 11 is 2.26. The van der Waals surface area contributed by atoms with Gasteiger partial charge in [-0.1, -0.05) is 13.8 Å². The Kier molecular flexibility index (Phi) is 7.72. The lowest BCUT2D eigenvalue weighted by molar-refractivity contribution is 0.151. The van der Waals surface area contributed by atoms with Gasteiger partial charge in [0.15, 0.2) is 0 Å². The molecule has 0 saturated carbocycles. The highest BCUT2D eigenvalue weighted by Crippen LogP contribution is 2.30. The molecular formula is C15H23ClFIN2. The normalized spacial score (nSPS) is 17.9. The van der Waals surface area contributed by atoms with Crippen LogP contribution in [0.4, 0.5) is 4.39 Å². The van der Waals surface area contributed by atoms with E-state index in [1.54, 1.807) is 6.07 Å². The molecule has 0 aliphatic carbocycles. The van der Waals surface area contributed by atoms with Crippen LogP contribution in [0.15, 0.2) is 18.2 Å². The van der Waals surface area contributed by atoms with Gasteiger partial charge in [-0.2, -0.15) is 0 Å². The second kappa shape index (κ2) is 8.51. The van der Waals surface area contributed by atoms with Crippen molar-refractivity contribution in [3.05, 3.63) is 33.1 Å². The van der Waals surface area contributed by atoms with Crippen LogP contribution < -0.4 is 5.32 Å². The molecule has 1 heterocycles. The lowest BCUT2D eigenvalue weighted by Crippen LogP contribution is -2.45. The first-order valence-electron chi connectivity index (χ1n) is 6.97. The summed E-state index contributed by atoms with van der Waals surface area (Å²) in [6, 6.07) is 5.65. The van der Waals surface area contributed by atoms with Crippen molar-refractivity contribution < 1.29 is 4.39 Å². The highest BCUT2D eigenvalue weighted by Gasteiger charge is 2.25. The molecule has 0 amide bonds. The number of piperazine rings is 1. The van der Waals surface area contributed by atoms with Gasteiger partial charge in [-0.15, -0.1) is 12.4 Å². The minimum atomic E-state index is -0.0652. The van der Waals surface area contributed by atoms with Crippen molar-refractivity contribution in [1.29, 1.82) is 0 Å². The van der Waals surface area contributed by atoms with E-state index in [4.69, 9.17) is 0 Å². The number of benzene rings is 1. The van der Waals surface area contributed by atoms with E-state index in [1.165, 1.54) is 0 Å². The van der Waals surface area contributed by atoms with Gasteiger partial charge in [0.25, 0.3) is 0 Å². The van der Waals surface area contributed by atoms with Gasteiger partial charge < -0.3 is 5.32 Å². The summed E-state index contributed by atoms with van der Waals surface area (Å²) in [5.41, 5.74) is 0.863. The van der Waals surface area contributed by atoms with Gasteiger partial charge in [0, 0.05) is 41.4 Å². The lowest BCUT2D eigenvalue weighted by atomic mass is 9.94. The van der Waals surface area contributed by atoms with Gasteiger partial charge in [0.05, 0.1) is 0 Å². The fourth-order valence-electron chi connectivity index (χ4n) is 2.68.